The van der Waals surface area contributed by atoms with Crippen LogP contribution < -0.4 is 5.32 Å². The Bertz CT molecular complexity index is 722. The molecule has 0 radical (unpaired) electrons. The molecular weight excluding hydrogens is 277 g/mol. The normalized spacial score (nSPS) is 10.8. The van der Waals surface area contributed by atoms with Gasteiger partial charge in [0, 0.05) is 30.6 Å². The summed E-state index contributed by atoms with van der Waals surface area (Å²) in [7, 11) is 1.63. The number of amides is 1. The van der Waals surface area contributed by atoms with E-state index in [4.69, 9.17) is 5.11 Å². The number of benzene rings is 1. The van der Waals surface area contributed by atoms with Crippen LogP contribution in [0, 0.1) is 5.82 Å². The fraction of sp³-hybridized carbons (Fsp3) is 0.0714. The largest absolute Gasteiger partial charge is 0.478 e. The van der Waals surface area contributed by atoms with Gasteiger partial charge in [-0.2, -0.15) is 5.10 Å². The molecule has 0 bridgehead atoms. The first-order valence-electron chi connectivity index (χ1n) is 5.97. The van der Waals surface area contributed by atoms with Crippen molar-refractivity contribution >= 4 is 23.6 Å². The van der Waals surface area contributed by atoms with E-state index in [0.717, 1.165) is 18.2 Å². The van der Waals surface area contributed by atoms with E-state index in [2.05, 4.69) is 10.4 Å². The van der Waals surface area contributed by atoms with Gasteiger partial charge in [-0.25, -0.2) is 9.18 Å². The van der Waals surface area contributed by atoms with Gasteiger partial charge in [0.25, 0.3) is 5.91 Å². The number of nitrogens with one attached hydrogen (secondary N) is 1. The lowest BCUT2D eigenvalue weighted by molar-refractivity contribution is -0.131. The summed E-state index contributed by atoms with van der Waals surface area (Å²) in [4.78, 5) is 22.4. The molecule has 1 aromatic carbocycles. The van der Waals surface area contributed by atoms with Crippen LogP contribution >= 0.6 is 0 Å². The molecule has 1 aromatic heterocycles. The van der Waals surface area contributed by atoms with Crippen LogP contribution in [-0.4, -0.2) is 26.8 Å². The van der Waals surface area contributed by atoms with Crippen LogP contribution in [0.3, 0.4) is 0 Å². The molecule has 0 spiro atoms. The van der Waals surface area contributed by atoms with E-state index < -0.39 is 17.7 Å². The third-order valence-corrected chi connectivity index (χ3v) is 2.71. The highest BCUT2D eigenvalue weighted by Crippen LogP contribution is 2.17. The average molecular weight is 289 g/mol. The van der Waals surface area contributed by atoms with Crippen LogP contribution in [0.5, 0.6) is 0 Å². The number of rotatable bonds is 4. The maximum absolute atomic E-state index is 13.5. The van der Waals surface area contributed by atoms with E-state index in [0.29, 0.717) is 11.4 Å². The molecule has 0 atom stereocenters. The van der Waals surface area contributed by atoms with Crippen molar-refractivity contribution in [2.24, 2.45) is 7.05 Å². The molecule has 0 saturated carbocycles. The first-order chi connectivity index (χ1) is 9.97. The highest BCUT2D eigenvalue weighted by molar-refractivity contribution is 6.03. The smallest absolute Gasteiger partial charge is 0.328 e. The van der Waals surface area contributed by atoms with Gasteiger partial charge in [0.2, 0.25) is 0 Å². The van der Waals surface area contributed by atoms with Crippen LogP contribution in [0.4, 0.5) is 10.1 Å². The zero-order valence-corrected chi connectivity index (χ0v) is 11.1. The number of nitrogens with zero attached hydrogens (tertiary/aromatic N) is 2. The molecule has 2 N–H and O–H groups in total. The van der Waals surface area contributed by atoms with Gasteiger partial charge in [-0.15, -0.1) is 0 Å². The summed E-state index contributed by atoms with van der Waals surface area (Å²) in [5.41, 5.74) is 0.773. The predicted octanol–water partition coefficient (Wildman–Crippen LogP) is 1.91. The zero-order valence-electron chi connectivity index (χ0n) is 11.1. The van der Waals surface area contributed by atoms with E-state index in [-0.39, 0.29) is 5.56 Å². The number of aliphatic carboxylic acids is 1. The number of hydrogen-bond donors (Lipinski definition) is 2. The summed E-state index contributed by atoms with van der Waals surface area (Å²) in [6.45, 7) is 0. The quantitative estimate of drug-likeness (QED) is 0.842. The molecule has 2 rings (SSSR count). The van der Waals surface area contributed by atoms with Gasteiger partial charge in [-0.05, 0) is 30.3 Å². The van der Waals surface area contributed by atoms with Crippen LogP contribution in [0.25, 0.3) is 6.08 Å². The Morgan fingerprint density at radius 1 is 1.38 bits per heavy atom. The Balaban J connectivity index is 2.21. The molecule has 2 aromatic rings. The zero-order chi connectivity index (χ0) is 15.4. The number of aromatic nitrogens is 2. The highest BCUT2D eigenvalue weighted by Gasteiger charge is 2.11. The average Bonchev–Trinajstić information content (AvgIpc) is 2.85. The number of hydrogen-bond acceptors (Lipinski definition) is 3. The summed E-state index contributed by atoms with van der Waals surface area (Å²) in [6, 6.07) is 5.44. The summed E-state index contributed by atoms with van der Waals surface area (Å²) in [5.74, 6) is -2.15. The summed E-state index contributed by atoms with van der Waals surface area (Å²) in [5, 5.41) is 15.0. The van der Waals surface area contributed by atoms with Gasteiger partial charge in [-0.1, -0.05) is 0 Å². The van der Waals surface area contributed by atoms with E-state index in [1.165, 1.54) is 23.0 Å². The molecule has 0 unspecified atom stereocenters. The lowest BCUT2D eigenvalue weighted by Crippen LogP contribution is -2.16. The Kier molecular flexibility index (Phi) is 4.13. The molecule has 0 aliphatic heterocycles. The van der Waals surface area contributed by atoms with Crippen LogP contribution in [0.1, 0.15) is 16.1 Å². The lowest BCUT2D eigenvalue weighted by Gasteiger charge is -2.07. The third-order valence-electron chi connectivity index (χ3n) is 2.71. The molecule has 6 nitrogen and oxygen atoms in total. The van der Waals surface area contributed by atoms with Crippen molar-refractivity contribution in [1.29, 1.82) is 0 Å². The lowest BCUT2D eigenvalue weighted by atomic mass is 10.1. The van der Waals surface area contributed by atoms with Crippen molar-refractivity contribution < 1.29 is 19.1 Å². The highest BCUT2D eigenvalue weighted by atomic mass is 19.1. The number of carboxylic acids is 1. The number of aryl methyl sites for hydroxylation is 1. The van der Waals surface area contributed by atoms with Gasteiger partial charge >= 0.3 is 5.97 Å². The fourth-order valence-electron chi connectivity index (χ4n) is 1.70. The van der Waals surface area contributed by atoms with Crippen molar-refractivity contribution in [3.63, 3.8) is 0 Å². The summed E-state index contributed by atoms with van der Waals surface area (Å²) in [6.07, 6.45) is 3.43. The Morgan fingerprint density at radius 3 is 2.76 bits per heavy atom. The van der Waals surface area contributed by atoms with E-state index >= 15 is 0 Å². The summed E-state index contributed by atoms with van der Waals surface area (Å²) < 4.78 is 14.9. The first-order valence-corrected chi connectivity index (χ1v) is 5.97. The van der Waals surface area contributed by atoms with Gasteiger partial charge in [0.1, 0.15) is 11.5 Å². The number of carbonyl (C=O) groups excluding carboxylic acids is 1. The van der Waals surface area contributed by atoms with Crippen molar-refractivity contribution in [3.05, 3.63) is 53.6 Å². The standard InChI is InChI=1S/C14H12FN3O3/c1-18-12(6-7-16-18)14(21)17-10-3-4-11(15)9(8-10)2-5-13(19)20/h2-8H,1H3,(H,17,21)(H,19,20)/b5-2+. The molecule has 0 saturated heterocycles. The van der Waals surface area contributed by atoms with Crippen molar-refractivity contribution in [3.8, 4) is 0 Å². The Labute approximate surface area is 119 Å². The minimum atomic E-state index is -1.18. The monoisotopic (exact) mass is 289 g/mol. The van der Waals surface area contributed by atoms with Gasteiger partial charge in [-0.3, -0.25) is 9.48 Å². The van der Waals surface area contributed by atoms with Crippen LogP contribution in [0.15, 0.2) is 36.5 Å². The van der Waals surface area contributed by atoms with E-state index in [1.54, 1.807) is 13.1 Å². The second-order valence-electron chi connectivity index (χ2n) is 4.20. The van der Waals surface area contributed by atoms with Gasteiger partial charge < -0.3 is 10.4 Å². The Hall–Kier alpha value is -2.96. The number of carbonyl (C=O) groups is 2. The molecule has 1 amide bonds. The van der Waals surface area contributed by atoms with Gasteiger partial charge in [0.15, 0.2) is 0 Å². The molecule has 0 aliphatic carbocycles. The fourth-order valence-corrected chi connectivity index (χ4v) is 1.70. The molecular formula is C14H12FN3O3. The van der Waals surface area contributed by atoms with Crippen molar-refractivity contribution in [1.82, 2.24) is 9.78 Å². The molecule has 0 aliphatic rings. The number of anilines is 1. The Morgan fingerprint density at radius 2 is 2.14 bits per heavy atom. The second kappa shape index (κ2) is 6.00. The SMILES string of the molecule is Cn1nccc1C(=O)Nc1ccc(F)c(/C=C/C(=O)O)c1. The molecule has 21 heavy (non-hydrogen) atoms. The first kappa shape index (κ1) is 14.4. The van der Waals surface area contributed by atoms with E-state index in [9.17, 15) is 14.0 Å². The van der Waals surface area contributed by atoms with Crippen LogP contribution in [0.2, 0.25) is 0 Å². The minimum absolute atomic E-state index is 0.0696. The van der Waals surface area contributed by atoms with E-state index in [1.807, 2.05) is 0 Å². The number of halogens is 1. The van der Waals surface area contributed by atoms with Gasteiger partial charge in [0.05, 0.1) is 0 Å². The predicted molar refractivity (Wildman–Crippen MR) is 74.2 cm³/mol. The summed E-state index contributed by atoms with van der Waals surface area (Å²) >= 11 is 0. The topological polar surface area (TPSA) is 84.2 Å². The second-order valence-corrected chi connectivity index (χ2v) is 4.20. The number of carboxylic acid groups (broad SMARTS) is 1. The maximum atomic E-state index is 13.5. The van der Waals surface area contributed by atoms with Crippen molar-refractivity contribution in [2.45, 2.75) is 0 Å². The van der Waals surface area contributed by atoms with Crippen molar-refractivity contribution in [2.75, 3.05) is 5.32 Å². The maximum Gasteiger partial charge on any atom is 0.328 e. The molecule has 7 heteroatoms. The molecule has 0 fully saturated rings. The molecule has 108 valence electrons. The minimum Gasteiger partial charge on any atom is -0.478 e. The molecule has 1 heterocycles. The third kappa shape index (κ3) is 3.53. The van der Waals surface area contributed by atoms with Crippen LogP contribution in [-0.2, 0) is 11.8 Å².